The highest BCUT2D eigenvalue weighted by atomic mass is 32.1. The van der Waals surface area contributed by atoms with Gasteiger partial charge in [-0.15, -0.1) is 5.10 Å². The standard InChI is InChI=1S/C19H24N4O2S/c1-3-15-20-19-23(21-15)18(24)17(26-19)16(22-10-5-4-6-11-22)13-8-7-9-14(12-13)25-2/h7-9,12,16,24H,3-6,10-11H2,1-2H3/p+1/t16-/m0/s1. The van der Waals surface area contributed by atoms with E-state index in [0.717, 1.165) is 46.5 Å². The van der Waals surface area contributed by atoms with Crippen molar-refractivity contribution in [2.24, 2.45) is 0 Å². The van der Waals surface area contributed by atoms with E-state index in [1.165, 1.54) is 24.2 Å². The van der Waals surface area contributed by atoms with Gasteiger partial charge >= 0.3 is 0 Å². The molecule has 2 aromatic heterocycles. The molecule has 3 heterocycles. The van der Waals surface area contributed by atoms with Gasteiger partial charge in [0.05, 0.1) is 20.2 Å². The van der Waals surface area contributed by atoms with Gasteiger partial charge in [0, 0.05) is 12.0 Å². The number of piperidine rings is 1. The fourth-order valence-electron chi connectivity index (χ4n) is 3.82. The molecular formula is C19H25N4O2S+. The monoisotopic (exact) mass is 373 g/mol. The van der Waals surface area contributed by atoms with Crippen LogP contribution in [0.15, 0.2) is 24.3 Å². The molecule has 0 aliphatic carbocycles. The lowest BCUT2D eigenvalue weighted by molar-refractivity contribution is -0.929. The van der Waals surface area contributed by atoms with E-state index >= 15 is 0 Å². The molecule has 1 atom stereocenters. The Morgan fingerprint density at radius 2 is 2.12 bits per heavy atom. The Bertz CT molecular complexity index is 898. The molecule has 0 saturated carbocycles. The predicted octanol–water partition coefficient (Wildman–Crippen LogP) is 2.23. The summed E-state index contributed by atoms with van der Waals surface area (Å²) in [5, 5.41) is 15.4. The zero-order chi connectivity index (χ0) is 18.1. The molecule has 0 radical (unpaired) electrons. The minimum absolute atomic E-state index is 0.0731. The highest BCUT2D eigenvalue weighted by molar-refractivity contribution is 7.17. The molecule has 4 rings (SSSR count). The molecule has 1 saturated heterocycles. The summed E-state index contributed by atoms with van der Waals surface area (Å²) in [4.78, 5) is 7.73. The number of likely N-dealkylation sites (tertiary alicyclic amines) is 1. The number of methoxy groups -OCH3 is 1. The van der Waals surface area contributed by atoms with Crippen molar-refractivity contribution < 1.29 is 14.7 Å². The second kappa shape index (κ2) is 7.25. The van der Waals surface area contributed by atoms with Crippen molar-refractivity contribution in [1.82, 2.24) is 14.6 Å². The highest BCUT2D eigenvalue weighted by Gasteiger charge is 2.33. The summed E-state index contributed by atoms with van der Waals surface area (Å²) in [6.07, 6.45) is 4.49. The summed E-state index contributed by atoms with van der Waals surface area (Å²) >= 11 is 1.55. The van der Waals surface area contributed by atoms with Crippen LogP contribution in [-0.4, -0.2) is 39.9 Å². The smallest absolute Gasteiger partial charge is 0.235 e. The lowest BCUT2D eigenvalue weighted by Crippen LogP contribution is -3.13. The second-order valence-corrected chi connectivity index (χ2v) is 7.80. The van der Waals surface area contributed by atoms with Crippen molar-refractivity contribution in [3.05, 3.63) is 40.5 Å². The van der Waals surface area contributed by atoms with Crippen molar-refractivity contribution in [2.75, 3.05) is 20.2 Å². The van der Waals surface area contributed by atoms with Crippen molar-refractivity contribution >= 4 is 16.3 Å². The van der Waals surface area contributed by atoms with E-state index in [1.54, 1.807) is 23.0 Å². The summed E-state index contributed by atoms with van der Waals surface area (Å²) in [5.74, 6) is 1.83. The molecule has 1 aliphatic heterocycles. The van der Waals surface area contributed by atoms with Crippen molar-refractivity contribution in [3.63, 3.8) is 0 Å². The zero-order valence-corrected chi connectivity index (χ0v) is 16.1. The summed E-state index contributed by atoms with van der Waals surface area (Å²) in [6, 6.07) is 8.26. The summed E-state index contributed by atoms with van der Waals surface area (Å²) < 4.78 is 7.03. The third kappa shape index (κ3) is 3.05. The van der Waals surface area contributed by atoms with E-state index in [9.17, 15) is 5.11 Å². The normalized spacial score (nSPS) is 16.8. The van der Waals surface area contributed by atoms with Crippen LogP contribution in [0.5, 0.6) is 11.6 Å². The van der Waals surface area contributed by atoms with E-state index in [2.05, 4.69) is 22.2 Å². The molecular weight excluding hydrogens is 348 g/mol. The number of aromatic nitrogens is 3. The Morgan fingerprint density at radius 3 is 2.81 bits per heavy atom. The average Bonchev–Trinajstić information content (AvgIpc) is 3.23. The number of ether oxygens (including phenoxy) is 1. The van der Waals surface area contributed by atoms with Gasteiger partial charge in [0.2, 0.25) is 10.8 Å². The van der Waals surface area contributed by atoms with Gasteiger partial charge in [0.1, 0.15) is 10.6 Å². The first-order valence-corrected chi connectivity index (χ1v) is 10.1. The first-order chi connectivity index (χ1) is 12.7. The molecule has 0 spiro atoms. The fraction of sp³-hybridized carbons (Fsp3) is 0.474. The summed E-state index contributed by atoms with van der Waals surface area (Å²) in [5.41, 5.74) is 1.16. The van der Waals surface area contributed by atoms with Gasteiger partial charge in [0.25, 0.3) is 0 Å². The molecule has 1 fully saturated rings. The number of nitrogens with one attached hydrogen (secondary N) is 1. The number of aryl methyl sites for hydroxylation is 1. The third-order valence-corrected chi connectivity index (χ3v) is 6.24. The number of nitrogens with zero attached hydrogens (tertiary/aromatic N) is 3. The molecule has 26 heavy (non-hydrogen) atoms. The maximum absolute atomic E-state index is 10.9. The maximum atomic E-state index is 10.9. The molecule has 0 amide bonds. The quantitative estimate of drug-likeness (QED) is 0.720. The fourth-order valence-corrected chi connectivity index (χ4v) is 4.98. The summed E-state index contributed by atoms with van der Waals surface area (Å²) in [6.45, 7) is 4.23. The van der Waals surface area contributed by atoms with Gasteiger partial charge in [-0.05, 0) is 31.4 Å². The van der Waals surface area contributed by atoms with Crippen LogP contribution in [0, 0.1) is 0 Å². The van der Waals surface area contributed by atoms with Gasteiger partial charge in [-0.2, -0.15) is 4.52 Å². The van der Waals surface area contributed by atoms with Gasteiger partial charge in [-0.3, -0.25) is 0 Å². The number of benzene rings is 1. The van der Waals surface area contributed by atoms with Crippen LogP contribution in [0.2, 0.25) is 0 Å². The Kier molecular flexibility index (Phi) is 4.82. The molecule has 2 N–H and O–H groups in total. The van der Waals surface area contributed by atoms with Crippen LogP contribution in [0.3, 0.4) is 0 Å². The minimum Gasteiger partial charge on any atom is -0.497 e. The topological polar surface area (TPSA) is 64.1 Å². The van der Waals surface area contributed by atoms with Crippen LogP contribution in [0.4, 0.5) is 0 Å². The lowest BCUT2D eigenvalue weighted by atomic mass is 10.00. The zero-order valence-electron chi connectivity index (χ0n) is 15.2. The van der Waals surface area contributed by atoms with Crippen LogP contribution in [-0.2, 0) is 6.42 Å². The highest BCUT2D eigenvalue weighted by Crippen LogP contribution is 2.36. The molecule has 0 bridgehead atoms. The molecule has 7 heteroatoms. The minimum atomic E-state index is 0.0731. The van der Waals surface area contributed by atoms with Crippen molar-refractivity contribution in [2.45, 2.75) is 38.6 Å². The lowest BCUT2D eigenvalue weighted by Gasteiger charge is -2.31. The number of hydrogen-bond donors (Lipinski definition) is 2. The van der Waals surface area contributed by atoms with Gasteiger partial charge < -0.3 is 14.7 Å². The number of fused-ring (bicyclic) bond motifs is 1. The Hall–Kier alpha value is -2.12. The van der Waals surface area contributed by atoms with Gasteiger partial charge in [0.15, 0.2) is 11.9 Å². The molecule has 1 aromatic carbocycles. The van der Waals surface area contributed by atoms with Crippen LogP contribution in [0.25, 0.3) is 4.96 Å². The molecule has 0 unspecified atom stereocenters. The van der Waals surface area contributed by atoms with E-state index in [-0.39, 0.29) is 11.9 Å². The Labute approximate surface area is 157 Å². The largest absolute Gasteiger partial charge is 0.497 e. The number of aromatic hydroxyl groups is 1. The van der Waals surface area contributed by atoms with E-state index in [4.69, 9.17) is 4.74 Å². The first-order valence-electron chi connectivity index (χ1n) is 9.27. The molecule has 138 valence electrons. The Morgan fingerprint density at radius 1 is 1.31 bits per heavy atom. The van der Waals surface area contributed by atoms with Crippen LogP contribution >= 0.6 is 11.3 Å². The number of quaternary nitrogens is 1. The number of thiazole rings is 1. The second-order valence-electron chi connectivity index (χ2n) is 6.79. The molecule has 1 aliphatic rings. The average molecular weight is 374 g/mol. The van der Waals surface area contributed by atoms with E-state index in [0.29, 0.717) is 0 Å². The molecule has 3 aromatic rings. The van der Waals surface area contributed by atoms with Gasteiger partial charge in [-0.25, -0.2) is 4.98 Å². The third-order valence-electron chi connectivity index (χ3n) is 5.15. The number of rotatable bonds is 5. The predicted molar refractivity (Wildman–Crippen MR) is 101 cm³/mol. The van der Waals surface area contributed by atoms with Crippen molar-refractivity contribution in [3.8, 4) is 11.6 Å². The van der Waals surface area contributed by atoms with E-state index in [1.807, 2.05) is 19.1 Å². The SMILES string of the molecule is CCc1nc2sc([C@H](c3cccc(OC)c3)[NH+]3CCCCC3)c(O)n2n1. The molecule has 6 nitrogen and oxygen atoms in total. The van der Waals surface area contributed by atoms with Crippen LogP contribution in [0.1, 0.15) is 48.5 Å². The van der Waals surface area contributed by atoms with E-state index < -0.39 is 0 Å². The Balaban J connectivity index is 1.81. The maximum Gasteiger partial charge on any atom is 0.235 e. The van der Waals surface area contributed by atoms with Gasteiger partial charge in [-0.1, -0.05) is 30.4 Å². The first kappa shape index (κ1) is 17.3. The van der Waals surface area contributed by atoms with Crippen molar-refractivity contribution in [1.29, 1.82) is 0 Å². The summed E-state index contributed by atoms with van der Waals surface area (Å²) in [7, 11) is 1.69. The number of hydrogen-bond acceptors (Lipinski definition) is 5. The van der Waals surface area contributed by atoms with Crippen LogP contribution < -0.4 is 9.64 Å².